The van der Waals surface area contributed by atoms with Crippen molar-refractivity contribution in [3.05, 3.63) is 42.1 Å². The molecular weight excluding hydrogens is 264 g/mol. The first-order chi connectivity index (χ1) is 10.1. The molecule has 1 aromatic heterocycles. The van der Waals surface area contributed by atoms with Gasteiger partial charge in [-0.05, 0) is 38.5 Å². The number of rotatable bonds is 6. The second-order valence-corrected chi connectivity index (χ2v) is 5.12. The number of benzene rings is 1. The lowest BCUT2D eigenvalue weighted by Crippen LogP contribution is -2.24. The van der Waals surface area contributed by atoms with Crippen LogP contribution in [0, 0.1) is 0 Å². The minimum Gasteiger partial charge on any atom is -0.475 e. The zero-order chi connectivity index (χ0) is 15.2. The first-order valence-electron chi connectivity index (χ1n) is 7.17. The maximum absolute atomic E-state index is 5.82. The fourth-order valence-electron chi connectivity index (χ4n) is 2.03. The third kappa shape index (κ3) is 4.34. The Hall–Kier alpha value is -2.30. The Labute approximate surface area is 125 Å². The van der Waals surface area contributed by atoms with Crippen molar-refractivity contribution in [2.45, 2.75) is 33.4 Å². The summed E-state index contributed by atoms with van der Waals surface area (Å²) in [7, 11) is 0. The molecule has 0 aliphatic rings. The molecule has 0 unspecified atom stereocenters. The number of nitrogens with two attached hydrogens (primary N) is 1. The lowest BCUT2D eigenvalue weighted by Gasteiger charge is -2.21. The maximum atomic E-state index is 5.82. The number of hydrogen-bond acceptors (Lipinski definition) is 5. The van der Waals surface area contributed by atoms with Gasteiger partial charge in [0.05, 0.1) is 6.10 Å². The van der Waals surface area contributed by atoms with Gasteiger partial charge >= 0.3 is 0 Å². The summed E-state index contributed by atoms with van der Waals surface area (Å²) < 4.78 is 5.62. The molecule has 0 saturated heterocycles. The minimum absolute atomic E-state index is 0.0942. The van der Waals surface area contributed by atoms with Crippen molar-refractivity contribution in [2.24, 2.45) is 0 Å². The summed E-state index contributed by atoms with van der Waals surface area (Å²) in [5.41, 5.74) is 7.72. The van der Waals surface area contributed by atoms with Crippen LogP contribution in [0.15, 0.2) is 36.5 Å². The summed E-state index contributed by atoms with van der Waals surface area (Å²) >= 11 is 0. The van der Waals surface area contributed by atoms with Crippen LogP contribution in [-0.2, 0) is 6.54 Å². The van der Waals surface area contributed by atoms with Crippen molar-refractivity contribution in [3.63, 3.8) is 0 Å². The van der Waals surface area contributed by atoms with E-state index in [1.807, 2.05) is 38.1 Å². The summed E-state index contributed by atoms with van der Waals surface area (Å²) in [5, 5.41) is 0. The molecule has 0 fully saturated rings. The average Bonchev–Trinajstić information content (AvgIpc) is 2.44. The van der Waals surface area contributed by atoms with Gasteiger partial charge in [0, 0.05) is 31.0 Å². The first kappa shape index (κ1) is 15.1. The van der Waals surface area contributed by atoms with Crippen molar-refractivity contribution in [1.29, 1.82) is 0 Å². The highest BCUT2D eigenvalue weighted by Gasteiger charge is 2.10. The molecule has 112 valence electrons. The van der Waals surface area contributed by atoms with Gasteiger partial charge in [-0.25, -0.2) is 4.98 Å². The van der Waals surface area contributed by atoms with Gasteiger partial charge in [-0.2, -0.15) is 4.98 Å². The molecule has 0 spiro atoms. The van der Waals surface area contributed by atoms with Crippen LogP contribution in [0.4, 0.5) is 11.6 Å². The van der Waals surface area contributed by atoms with Crippen molar-refractivity contribution in [3.8, 4) is 5.88 Å². The normalized spacial score (nSPS) is 10.7. The molecule has 0 aliphatic carbocycles. The number of aromatic nitrogens is 2. The highest BCUT2D eigenvalue weighted by Crippen LogP contribution is 2.17. The van der Waals surface area contributed by atoms with Crippen LogP contribution < -0.4 is 15.4 Å². The molecule has 0 saturated carbocycles. The van der Waals surface area contributed by atoms with Crippen molar-refractivity contribution in [1.82, 2.24) is 9.97 Å². The molecule has 0 bridgehead atoms. The fourth-order valence-corrected chi connectivity index (χ4v) is 2.03. The van der Waals surface area contributed by atoms with E-state index in [1.165, 1.54) is 0 Å². The number of anilines is 2. The minimum atomic E-state index is 0.0942. The van der Waals surface area contributed by atoms with Crippen LogP contribution in [0.1, 0.15) is 26.3 Å². The second-order valence-electron chi connectivity index (χ2n) is 5.12. The number of nitrogen functional groups attached to an aromatic ring is 1. The van der Waals surface area contributed by atoms with E-state index in [0.29, 0.717) is 18.4 Å². The molecule has 21 heavy (non-hydrogen) atoms. The third-order valence-corrected chi connectivity index (χ3v) is 2.96. The van der Waals surface area contributed by atoms with Gasteiger partial charge in [0.15, 0.2) is 0 Å². The Bertz CT molecular complexity index is 586. The molecule has 5 heteroatoms. The predicted octanol–water partition coefficient (Wildman–Crippen LogP) is 2.87. The van der Waals surface area contributed by atoms with E-state index in [1.54, 1.807) is 12.3 Å². The van der Waals surface area contributed by atoms with Gasteiger partial charge in [0.2, 0.25) is 11.8 Å². The van der Waals surface area contributed by atoms with E-state index in [9.17, 15) is 0 Å². The standard InChI is InChI=1S/C16H22N4O/c1-4-20(11-13-6-5-7-14(17)10-13)16-18-9-8-15(19-16)21-12(2)3/h5-10,12H,4,11,17H2,1-3H3. The van der Waals surface area contributed by atoms with E-state index in [4.69, 9.17) is 10.5 Å². The topological polar surface area (TPSA) is 64.3 Å². The van der Waals surface area contributed by atoms with E-state index in [-0.39, 0.29) is 6.10 Å². The molecular formula is C16H22N4O. The predicted molar refractivity (Wildman–Crippen MR) is 85.4 cm³/mol. The smallest absolute Gasteiger partial charge is 0.228 e. The van der Waals surface area contributed by atoms with Gasteiger partial charge in [0.25, 0.3) is 0 Å². The van der Waals surface area contributed by atoms with Gasteiger partial charge < -0.3 is 15.4 Å². The lowest BCUT2D eigenvalue weighted by molar-refractivity contribution is 0.232. The van der Waals surface area contributed by atoms with Crippen LogP contribution in [-0.4, -0.2) is 22.6 Å². The molecule has 1 heterocycles. The highest BCUT2D eigenvalue weighted by molar-refractivity contribution is 5.42. The van der Waals surface area contributed by atoms with Crippen LogP contribution in [0.2, 0.25) is 0 Å². The molecule has 2 N–H and O–H groups in total. The van der Waals surface area contributed by atoms with Crippen LogP contribution in [0.3, 0.4) is 0 Å². The van der Waals surface area contributed by atoms with Crippen molar-refractivity contribution < 1.29 is 4.74 Å². The van der Waals surface area contributed by atoms with E-state index in [0.717, 1.165) is 17.8 Å². The van der Waals surface area contributed by atoms with E-state index >= 15 is 0 Å². The van der Waals surface area contributed by atoms with Crippen molar-refractivity contribution >= 4 is 11.6 Å². The maximum Gasteiger partial charge on any atom is 0.228 e. The molecule has 2 aromatic rings. The molecule has 0 atom stereocenters. The Morgan fingerprint density at radius 2 is 2.10 bits per heavy atom. The molecule has 0 aliphatic heterocycles. The summed E-state index contributed by atoms with van der Waals surface area (Å²) in [5.74, 6) is 1.26. The van der Waals surface area contributed by atoms with Crippen molar-refractivity contribution in [2.75, 3.05) is 17.2 Å². The SMILES string of the molecule is CCN(Cc1cccc(N)c1)c1nccc(OC(C)C)n1. The summed E-state index contributed by atoms with van der Waals surface area (Å²) in [6, 6.07) is 9.63. The van der Waals surface area contributed by atoms with E-state index in [2.05, 4.69) is 21.8 Å². The second kappa shape index (κ2) is 6.92. The number of hydrogen-bond donors (Lipinski definition) is 1. The molecule has 5 nitrogen and oxygen atoms in total. The molecule has 2 rings (SSSR count). The van der Waals surface area contributed by atoms with E-state index < -0.39 is 0 Å². The van der Waals surface area contributed by atoms with Gasteiger partial charge in [-0.3, -0.25) is 0 Å². The number of ether oxygens (including phenoxy) is 1. The van der Waals surface area contributed by atoms with Gasteiger partial charge in [-0.1, -0.05) is 12.1 Å². The van der Waals surface area contributed by atoms with Gasteiger partial charge in [0.1, 0.15) is 0 Å². The Balaban J connectivity index is 2.17. The van der Waals surface area contributed by atoms with Crippen LogP contribution >= 0.6 is 0 Å². The summed E-state index contributed by atoms with van der Waals surface area (Å²) in [6.45, 7) is 7.55. The molecule has 0 radical (unpaired) electrons. The first-order valence-corrected chi connectivity index (χ1v) is 7.17. The highest BCUT2D eigenvalue weighted by atomic mass is 16.5. The van der Waals surface area contributed by atoms with Gasteiger partial charge in [-0.15, -0.1) is 0 Å². The Morgan fingerprint density at radius 3 is 2.76 bits per heavy atom. The zero-order valence-electron chi connectivity index (χ0n) is 12.8. The Kier molecular flexibility index (Phi) is 4.98. The number of nitrogens with zero attached hydrogens (tertiary/aromatic N) is 3. The Morgan fingerprint density at radius 1 is 1.29 bits per heavy atom. The summed E-state index contributed by atoms with van der Waals surface area (Å²) in [4.78, 5) is 10.9. The van der Waals surface area contributed by atoms with Crippen LogP contribution in [0.5, 0.6) is 5.88 Å². The quantitative estimate of drug-likeness (QED) is 0.827. The fraction of sp³-hybridized carbons (Fsp3) is 0.375. The average molecular weight is 286 g/mol. The zero-order valence-corrected chi connectivity index (χ0v) is 12.8. The summed E-state index contributed by atoms with van der Waals surface area (Å²) in [6.07, 6.45) is 1.82. The third-order valence-electron chi connectivity index (χ3n) is 2.96. The molecule has 0 amide bonds. The largest absolute Gasteiger partial charge is 0.475 e. The molecule has 1 aromatic carbocycles. The van der Waals surface area contributed by atoms with Crippen LogP contribution in [0.25, 0.3) is 0 Å². The lowest BCUT2D eigenvalue weighted by atomic mass is 10.2. The monoisotopic (exact) mass is 286 g/mol.